The summed E-state index contributed by atoms with van der Waals surface area (Å²) < 4.78 is 11.3. The molecule has 158 valence electrons. The molecule has 6 nitrogen and oxygen atoms in total. The van der Waals surface area contributed by atoms with Gasteiger partial charge >= 0.3 is 0 Å². The number of likely N-dealkylation sites (tertiary alicyclic amines) is 1. The molecule has 6 heteroatoms. The zero-order valence-electron chi connectivity index (χ0n) is 17.4. The summed E-state index contributed by atoms with van der Waals surface area (Å²) in [5.74, 6) is -0.181. The summed E-state index contributed by atoms with van der Waals surface area (Å²) in [6, 6.07) is 8.03. The highest BCUT2D eigenvalue weighted by molar-refractivity contribution is 6.46. The topological polar surface area (TPSA) is 80.0 Å². The third-order valence-electron chi connectivity index (χ3n) is 5.92. The van der Waals surface area contributed by atoms with Gasteiger partial charge in [0.15, 0.2) is 0 Å². The first-order valence-electron chi connectivity index (χ1n) is 10.6. The van der Waals surface area contributed by atoms with Gasteiger partial charge in [0.05, 0.1) is 18.4 Å². The molecule has 2 fully saturated rings. The number of ether oxygens (including phenoxy) is 1. The second-order valence-corrected chi connectivity index (χ2v) is 7.99. The Morgan fingerprint density at radius 1 is 1.23 bits per heavy atom. The summed E-state index contributed by atoms with van der Waals surface area (Å²) in [7, 11) is 0. The summed E-state index contributed by atoms with van der Waals surface area (Å²) in [4.78, 5) is 27.6. The van der Waals surface area contributed by atoms with Gasteiger partial charge in [-0.15, -0.1) is 0 Å². The summed E-state index contributed by atoms with van der Waals surface area (Å²) in [5.41, 5.74) is 1.42. The highest BCUT2D eigenvalue weighted by Crippen LogP contribution is 2.43. The first kappa shape index (κ1) is 20.3. The molecule has 1 aromatic carbocycles. The molecule has 2 aromatic rings. The van der Waals surface area contributed by atoms with Crippen LogP contribution in [0, 0.1) is 6.92 Å². The van der Waals surface area contributed by atoms with Crippen LogP contribution < -0.4 is 4.74 Å². The molecular weight excluding hydrogens is 382 g/mol. The summed E-state index contributed by atoms with van der Waals surface area (Å²) in [5, 5.41) is 11.1. The minimum atomic E-state index is -0.709. The van der Waals surface area contributed by atoms with Gasteiger partial charge in [-0.3, -0.25) is 9.59 Å². The predicted octanol–water partition coefficient (Wildman–Crippen LogP) is 4.74. The van der Waals surface area contributed by atoms with E-state index in [1.54, 1.807) is 35.2 Å². The number of rotatable bonds is 6. The van der Waals surface area contributed by atoms with Crippen molar-refractivity contribution in [3.05, 3.63) is 59.1 Å². The van der Waals surface area contributed by atoms with Crippen LogP contribution in [0.15, 0.2) is 46.6 Å². The molecule has 4 rings (SSSR count). The number of Topliss-reactive ketones (excluding diaryl/α,β-unsaturated/α-hetero) is 1. The first-order chi connectivity index (χ1) is 14.5. The first-order valence-corrected chi connectivity index (χ1v) is 10.6. The highest BCUT2D eigenvalue weighted by Gasteiger charge is 2.50. The molecular formula is C24H27NO5. The zero-order chi connectivity index (χ0) is 21.3. The van der Waals surface area contributed by atoms with Gasteiger partial charge in [0.1, 0.15) is 23.3 Å². The van der Waals surface area contributed by atoms with Crippen molar-refractivity contribution in [2.24, 2.45) is 0 Å². The van der Waals surface area contributed by atoms with Crippen molar-refractivity contribution in [1.82, 2.24) is 4.90 Å². The van der Waals surface area contributed by atoms with E-state index in [0.717, 1.165) is 43.4 Å². The third-order valence-corrected chi connectivity index (χ3v) is 5.92. The molecule has 0 radical (unpaired) electrons. The number of nitrogens with zero attached hydrogens (tertiary/aromatic N) is 1. The number of hydrogen-bond acceptors (Lipinski definition) is 5. The van der Waals surface area contributed by atoms with Crippen molar-refractivity contribution in [1.29, 1.82) is 0 Å². The van der Waals surface area contributed by atoms with Gasteiger partial charge in [-0.05, 0) is 62.1 Å². The van der Waals surface area contributed by atoms with Crippen LogP contribution in [0.25, 0.3) is 5.76 Å². The molecule has 30 heavy (non-hydrogen) atoms. The van der Waals surface area contributed by atoms with E-state index in [1.807, 2.05) is 13.8 Å². The number of ketones is 1. The minimum Gasteiger partial charge on any atom is -0.507 e. The Hall–Kier alpha value is -3.02. The van der Waals surface area contributed by atoms with Gasteiger partial charge in [-0.2, -0.15) is 0 Å². The Kier molecular flexibility index (Phi) is 5.66. The van der Waals surface area contributed by atoms with E-state index < -0.39 is 17.7 Å². The molecule has 1 N–H and O–H groups in total. The van der Waals surface area contributed by atoms with E-state index in [4.69, 9.17) is 9.15 Å². The Labute approximate surface area is 176 Å². The van der Waals surface area contributed by atoms with Crippen LogP contribution in [0.1, 0.15) is 62.0 Å². The Bertz CT molecular complexity index is 969. The van der Waals surface area contributed by atoms with Crippen LogP contribution in [0.2, 0.25) is 0 Å². The van der Waals surface area contributed by atoms with E-state index in [2.05, 4.69) is 0 Å². The summed E-state index contributed by atoms with van der Waals surface area (Å²) >= 11 is 0. The molecule has 1 aromatic heterocycles. The number of furan rings is 1. The molecule has 2 aliphatic rings. The fraction of sp³-hybridized carbons (Fsp3) is 0.417. The molecule has 1 amide bonds. The lowest BCUT2D eigenvalue weighted by Crippen LogP contribution is -2.37. The van der Waals surface area contributed by atoms with Crippen molar-refractivity contribution < 1.29 is 23.8 Å². The van der Waals surface area contributed by atoms with Crippen LogP contribution in [-0.2, 0) is 9.59 Å². The molecule has 1 saturated heterocycles. The Morgan fingerprint density at radius 2 is 2.00 bits per heavy atom. The number of amides is 1. The third kappa shape index (κ3) is 3.51. The lowest BCUT2D eigenvalue weighted by molar-refractivity contribution is -0.141. The van der Waals surface area contributed by atoms with Crippen molar-refractivity contribution in [3.63, 3.8) is 0 Å². The van der Waals surface area contributed by atoms with Crippen molar-refractivity contribution >= 4 is 17.4 Å². The molecule has 1 atom stereocenters. The number of aliphatic hydroxyl groups is 1. The molecule has 1 unspecified atom stereocenters. The maximum Gasteiger partial charge on any atom is 0.296 e. The standard InChI is InChI=1S/C24H27NO5/c1-3-12-29-18-11-10-16(14-15(18)2)22(26)20-21(19-9-6-13-30-19)25(24(28)23(20)27)17-7-4-5-8-17/h6,9-11,13-14,17,21,26H,3-5,7-8,12H2,1-2H3/b22-20-. The second kappa shape index (κ2) is 8.38. The maximum atomic E-state index is 13.0. The number of aliphatic hydroxyl groups excluding tert-OH is 1. The quantitative estimate of drug-likeness (QED) is 0.423. The van der Waals surface area contributed by atoms with Gasteiger partial charge in [-0.1, -0.05) is 19.8 Å². The molecule has 0 bridgehead atoms. The van der Waals surface area contributed by atoms with E-state index >= 15 is 0 Å². The maximum absolute atomic E-state index is 13.0. The summed E-state index contributed by atoms with van der Waals surface area (Å²) in [6.45, 7) is 4.54. The van der Waals surface area contributed by atoms with Gasteiger partial charge in [0, 0.05) is 11.6 Å². The smallest absolute Gasteiger partial charge is 0.296 e. The molecule has 1 aliphatic heterocycles. The average molecular weight is 409 g/mol. The lowest BCUT2D eigenvalue weighted by atomic mass is 9.98. The Balaban J connectivity index is 1.78. The van der Waals surface area contributed by atoms with Crippen LogP contribution >= 0.6 is 0 Å². The van der Waals surface area contributed by atoms with Crippen LogP contribution in [0.4, 0.5) is 0 Å². The van der Waals surface area contributed by atoms with E-state index in [9.17, 15) is 14.7 Å². The second-order valence-electron chi connectivity index (χ2n) is 7.99. The lowest BCUT2D eigenvalue weighted by Gasteiger charge is -2.29. The zero-order valence-corrected chi connectivity index (χ0v) is 17.4. The molecule has 1 saturated carbocycles. The molecule has 1 aliphatic carbocycles. The Morgan fingerprint density at radius 3 is 2.63 bits per heavy atom. The number of carbonyl (C=O) groups is 2. The van der Waals surface area contributed by atoms with E-state index in [-0.39, 0.29) is 17.4 Å². The highest BCUT2D eigenvalue weighted by atomic mass is 16.5. The fourth-order valence-electron chi connectivity index (χ4n) is 4.46. The van der Waals surface area contributed by atoms with Gasteiger partial charge < -0.3 is 19.2 Å². The average Bonchev–Trinajstić information content (AvgIpc) is 3.49. The van der Waals surface area contributed by atoms with Gasteiger partial charge in [0.25, 0.3) is 11.7 Å². The van der Waals surface area contributed by atoms with Gasteiger partial charge in [0.2, 0.25) is 0 Å². The predicted molar refractivity (Wildman–Crippen MR) is 112 cm³/mol. The van der Waals surface area contributed by atoms with Crippen LogP contribution in [0.5, 0.6) is 5.75 Å². The molecule has 2 heterocycles. The number of benzene rings is 1. The fourth-order valence-corrected chi connectivity index (χ4v) is 4.46. The van der Waals surface area contributed by atoms with Crippen molar-refractivity contribution in [2.45, 2.75) is 58.0 Å². The summed E-state index contributed by atoms with van der Waals surface area (Å²) in [6.07, 6.45) is 6.18. The van der Waals surface area contributed by atoms with E-state index in [0.29, 0.717) is 17.9 Å². The SMILES string of the molecule is CCCOc1ccc(/C(O)=C2/C(=O)C(=O)N(C3CCCC3)C2c2ccco2)cc1C. The van der Waals surface area contributed by atoms with E-state index in [1.165, 1.54) is 6.26 Å². The monoisotopic (exact) mass is 409 g/mol. The largest absolute Gasteiger partial charge is 0.507 e. The van der Waals surface area contributed by atoms with Crippen LogP contribution in [0.3, 0.4) is 0 Å². The molecule has 0 spiro atoms. The minimum absolute atomic E-state index is 0.0200. The van der Waals surface area contributed by atoms with Crippen LogP contribution in [-0.4, -0.2) is 34.3 Å². The van der Waals surface area contributed by atoms with Crippen molar-refractivity contribution in [3.8, 4) is 5.75 Å². The normalized spacial score (nSPS) is 21.5. The van der Waals surface area contributed by atoms with Crippen molar-refractivity contribution in [2.75, 3.05) is 6.61 Å². The number of hydrogen-bond donors (Lipinski definition) is 1. The number of aryl methyl sites for hydroxylation is 1. The van der Waals surface area contributed by atoms with Gasteiger partial charge in [-0.25, -0.2) is 0 Å². The number of carbonyl (C=O) groups excluding carboxylic acids is 2.